The zero-order valence-corrected chi connectivity index (χ0v) is 12.3. The molecule has 7 heteroatoms. The summed E-state index contributed by atoms with van der Waals surface area (Å²) in [5, 5.41) is 8.67. The topological polar surface area (TPSA) is 83.9 Å². The minimum absolute atomic E-state index is 0.00580. The lowest BCUT2D eigenvalue weighted by molar-refractivity contribution is -0.137. The number of rotatable bonds is 8. The first-order chi connectivity index (χ1) is 8.11. The van der Waals surface area contributed by atoms with E-state index >= 15 is 0 Å². The summed E-state index contributed by atoms with van der Waals surface area (Å²) in [5.41, 5.74) is -0.624. The lowest BCUT2D eigenvalue weighted by Crippen LogP contribution is -2.47. The van der Waals surface area contributed by atoms with Gasteiger partial charge in [0.05, 0.1) is 12.2 Å². The van der Waals surface area contributed by atoms with Gasteiger partial charge >= 0.3 is 5.97 Å². The standard InChI is InChI=1S/C11H23NO5S/c1-11(2,3)12(7-6-10(13)14)18(15,16)9-5-8-17-4/h5-9H2,1-4H3,(H,13,14). The highest BCUT2D eigenvalue weighted by molar-refractivity contribution is 7.89. The molecule has 0 aliphatic carbocycles. The molecular formula is C11H23NO5S. The van der Waals surface area contributed by atoms with E-state index in [4.69, 9.17) is 9.84 Å². The van der Waals surface area contributed by atoms with E-state index < -0.39 is 21.5 Å². The Labute approximate surface area is 109 Å². The average Bonchev–Trinajstić information content (AvgIpc) is 2.14. The molecule has 108 valence electrons. The number of hydrogen-bond acceptors (Lipinski definition) is 4. The zero-order valence-electron chi connectivity index (χ0n) is 11.5. The van der Waals surface area contributed by atoms with Gasteiger partial charge in [-0.05, 0) is 27.2 Å². The second kappa shape index (κ2) is 7.06. The van der Waals surface area contributed by atoms with Gasteiger partial charge in [-0.2, -0.15) is 4.31 Å². The van der Waals surface area contributed by atoms with E-state index in [0.717, 1.165) is 0 Å². The number of aliphatic carboxylic acids is 1. The van der Waals surface area contributed by atoms with Gasteiger partial charge in [-0.1, -0.05) is 0 Å². The summed E-state index contributed by atoms with van der Waals surface area (Å²) in [4.78, 5) is 10.6. The third-order valence-electron chi connectivity index (χ3n) is 2.36. The number of carbonyl (C=O) groups is 1. The lowest BCUT2D eigenvalue weighted by Gasteiger charge is -2.34. The zero-order chi connectivity index (χ0) is 14.4. The molecule has 18 heavy (non-hydrogen) atoms. The normalized spacial score (nSPS) is 12.9. The molecule has 0 aliphatic rings. The van der Waals surface area contributed by atoms with Crippen LogP contribution < -0.4 is 0 Å². The number of ether oxygens (including phenoxy) is 1. The van der Waals surface area contributed by atoms with Crippen molar-refractivity contribution < 1.29 is 23.1 Å². The monoisotopic (exact) mass is 281 g/mol. The van der Waals surface area contributed by atoms with Crippen LogP contribution in [0.3, 0.4) is 0 Å². The van der Waals surface area contributed by atoms with Gasteiger partial charge in [-0.3, -0.25) is 4.79 Å². The number of methoxy groups -OCH3 is 1. The van der Waals surface area contributed by atoms with E-state index in [1.807, 2.05) is 0 Å². The molecule has 0 bridgehead atoms. The first-order valence-corrected chi connectivity index (χ1v) is 7.43. The van der Waals surface area contributed by atoms with Crippen molar-refractivity contribution in [2.45, 2.75) is 39.2 Å². The Morgan fingerprint density at radius 2 is 1.89 bits per heavy atom. The summed E-state index contributed by atoms with van der Waals surface area (Å²) in [5.74, 6) is -1.03. The van der Waals surface area contributed by atoms with Crippen LogP contribution in [-0.2, 0) is 19.6 Å². The molecule has 1 N–H and O–H groups in total. The van der Waals surface area contributed by atoms with Crippen LogP contribution in [0.5, 0.6) is 0 Å². The van der Waals surface area contributed by atoms with E-state index in [9.17, 15) is 13.2 Å². The highest BCUT2D eigenvalue weighted by atomic mass is 32.2. The summed E-state index contributed by atoms with van der Waals surface area (Å²) in [7, 11) is -1.95. The summed E-state index contributed by atoms with van der Waals surface area (Å²) < 4.78 is 30.4. The molecule has 0 aromatic rings. The molecule has 0 saturated heterocycles. The summed E-state index contributed by atoms with van der Waals surface area (Å²) >= 11 is 0. The van der Waals surface area contributed by atoms with Crippen molar-refractivity contribution >= 4 is 16.0 Å². The van der Waals surface area contributed by atoms with Crippen LogP contribution in [-0.4, -0.2) is 55.4 Å². The molecule has 0 fully saturated rings. The van der Waals surface area contributed by atoms with Gasteiger partial charge in [0.2, 0.25) is 10.0 Å². The predicted molar refractivity (Wildman–Crippen MR) is 69.0 cm³/mol. The Morgan fingerprint density at radius 3 is 2.28 bits per heavy atom. The van der Waals surface area contributed by atoms with Crippen molar-refractivity contribution in [3.63, 3.8) is 0 Å². The van der Waals surface area contributed by atoms with Gasteiger partial charge in [0.15, 0.2) is 0 Å². The largest absolute Gasteiger partial charge is 0.481 e. The van der Waals surface area contributed by atoms with Crippen molar-refractivity contribution in [1.29, 1.82) is 0 Å². The number of hydrogen-bond donors (Lipinski definition) is 1. The van der Waals surface area contributed by atoms with E-state index in [0.29, 0.717) is 13.0 Å². The van der Waals surface area contributed by atoms with Crippen LogP contribution in [0.4, 0.5) is 0 Å². The Hall–Kier alpha value is -0.660. The molecule has 0 amide bonds. The molecule has 0 radical (unpaired) electrons. The maximum atomic E-state index is 12.1. The molecule has 0 unspecified atom stereocenters. The van der Waals surface area contributed by atoms with Crippen molar-refractivity contribution in [2.75, 3.05) is 26.0 Å². The molecule has 0 aromatic heterocycles. The van der Waals surface area contributed by atoms with E-state index in [1.165, 1.54) is 11.4 Å². The maximum Gasteiger partial charge on any atom is 0.304 e. The van der Waals surface area contributed by atoms with E-state index in [2.05, 4.69) is 0 Å². The van der Waals surface area contributed by atoms with Crippen molar-refractivity contribution in [3.8, 4) is 0 Å². The summed E-state index contributed by atoms with van der Waals surface area (Å²) in [6.07, 6.45) is 0.208. The van der Waals surface area contributed by atoms with Crippen LogP contribution in [0.15, 0.2) is 0 Å². The van der Waals surface area contributed by atoms with Gasteiger partial charge in [0, 0.05) is 25.8 Å². The SMILES string of the molecule is COCCCS(=O)(=O)N(CCC(=O)O)C(C)(C)C. The minimum Gasteiger partial charge on any atom is -0.481 e. The van der Waals surface area contributed by atoms with Crippen LogP contribution in [0.2, 0.25) is 0 Å². The fourth-order valence-corrected chi connectivity index (χ4v) is 3.49. The summed E-state index contributed by atoms with van der Waals surface area (Å²) in [6, 6.07) is 0. The first-order valence-electron chi connectivity index (χ1n) is 5.82. The number of sulfonamides is 1. The molecule has 0 aromatic carbocycles. The predicted octanol–water partition coefficient (Wildman–Crippen LogP) is 0.928. The van der Waals surface area contributed by atoms with Crippen LogP contribution in [0.1, 0.15) is 33.6 Å². The number of carboxylic acids is 1. The second-order valence-electron chi connectivity index (χ2n) is 5.05. The summed E-state index contributed by atoms with van der Waals surface area (Å²) in [6.45, 7) is 5.62. The molecule has 0 spiro atoms. The molecular weight excluding hydrogens is 258 g/mol. The highest BCUT2D eigenvalue weighted by Crippen LogP contribution is 2.19. The molecule has 0 aliphatic heterocycles. The average molecular weight is 281 g/mol. The van der Waals surface area contributed by atoms with Crippen LogP contribution >= 0.6 is 0 Å². The Bertz CT molecular complexity index is 358. The van der Waals surface area contributed by atoms with E-state index in [-0.39, 0.29) is 18.7 Å². The number of carboxylic acid groups (broad SMARTS) is 1. The van der Waals surface area contributed by atoms with Gasteiger partial charge in [-0.15, -0.1) is 0 Å². The Balaban J connectivity index is 4.78. The first kappa shape index (κ1) is 17.3. The Morgan fingerprint density at radius 1 is 1.33 bits per heavy atom. The minimum atomic E-state index is -3.46. The second-order valence-corrected chi connectivity index (χ2v) is 7.06. The van der Waals surface area contributed by atoms with Gasteiger partial charge < -0.3 is 9.84 Å². The fraction of sp³-hybridized carbons (Fsp3) is 0.909. The Kier molecular flexibility index (Phi) is 6.80. The fourth-order valence-electron chi connectivity index (χ4n) is 1.58. The molecule has 6 nitrogen and oxygen atoms in total. The van der Waals surface area contributed by atoms with Gasteiger partial charge in [-0.25, -0.2) is 8.42 Å². The van der Waals surface area contributed by atoms with Crippen molar-refractivity contribution in [2.24, 2.45) is 0 Å². The molecule has 0 atom stereocenters. The quantitative estimate of drug-likeness (QED) is 0.669. The van der Waals surface area contributed by atoms with Gasteiger partial charge in [0.25, 0.3) is 0 Å². The lowest BCUT2D eigenvalue weighted by atomic mass is 10.1. The maximum absolute atomic E-state index is 12.1. The van der Waals surface area contributed by atoms with Crippen molar-refractivity contribution in [1.82, 2.24) is 4.31 Å². The van der Waals surface area contributed by atoms with Crippen molar-refractivity contribution in [3.05, 3.63) is 0 Å². The third-order valence-corrected chi connectivity index (χ3v) is 4.57. The van der Waals surface area contributed by atoms with Gasteiger partial charge in [0.1, 0.15) is 0 Å². The molecule has 0 rings (SSSR count). The third kappa shape index (κ3) is 6.32. The van der Waals surface area contributed by atoms with E-state index in [1.54, 1.807) is 20.8 Å². The molecule has 0 saturated carbocycles. The highest BCUT2D eigenvalue weighted by Gasteiger charge is 2.32. The smallest absolute Gasteiger partial charge is 0.304 e. The van der Waals surface area contributed by atoms with Crippen LogP contribution in [0.25, 0.3) is 0 Å². The van der Waals surface area contributed by atoms with Crippen LogP contribution in [0, 0.1) is 0 Å². The molecule has 0 heterocycles. The number of nitrogens with zero attached hydrogens (tertiary/aromatic N) is 1.